The van der Waals surface area contributed by atoms with Crippen LogP contribution < -0.4 is 0 Å². The summed E-state index contributed by atoms with van der Waals surface area (Å²) >= 11 is 0. The Morgan fingerprint density at radius 1 is 1.18 bits per heavy atom. The molecule has 2 unspecified atom stereocenters. The molecule has 1 N–H and O–H groups in total. The number of alkyl halides is 6. The maximum absolute atomic E-state index is 12.3. The van der Waals surface area contributed by atoms with Crippen molar-refractivity contribution in [3.8, 4) is 0 Å². The van der Waals surface area contributed by atoms with E-state index < -0.39 is 49.8 Å². The molecule has 1 amide bonds. The van der Waals surface area contributed by atoms with Crippen LogP contribution in [0.1, 0.15) is 6.42 Å². The van der Waals surface area contributed by atoms with Gasteiger partial charge in [0.1, 0.15) is 0 Å². The molecule has 1 heterocycles. The van der Waals surface area contributed by atoms with Gasteiger partial charge in [-0.2, -0.15) is 26.3 Å². The molecule has 2 atom stereocenters. The number of β-amino-alcohol motifs (C(OH)–C–C–N with tert-alkyl or cyclic N) is 1. The third-order valence-electron chi connectivity index (χ3n) is 2.53. The highest BCUT2D eigenvalue weighted by Crippen LogP contribution is 2.35. The van der Waals surface area contributed by atoms with Crippen molar-refractivity contribution < 1.29 is 36.2 Å². The van der Waals surface area contributed by atoms with Crippen molar-refractivity contribution in [1.82, 2.24) is 4.90 Å². The number of halogens is 6. The van der Waals surface area contributed by atoms with Gasteiger partial charge in [0.25, 0.3) is 0 Å². The number of carbonyl (C=O) groups is 1. The van der Waals surface area contributed by atoms with Crippen LogP contribution in [0, 0.1) is 5.92 Å². The van der Waals surface area contributed by atoms with Crippen molar-refractivity contribution in [3.63, 3.8) is 0 Å². The largest absolute Gasteiger partial charge is 0.471 e. The number of nitrogens with zero attached hydrogens (tertiary/aromatic N) is 1. The van der Waals surface area contributed by atoms with Gasteiger partial charge >= 0.3 is 18.3 Å². The molecule has 0 aromatic carbocycles. The second-order valence-electron chi connectivity index (χ2n) is 3.75. The minimum atomic E-state index is -5.13. The van der Waals surface area contributed by atoms with Crippen LogP contribution in [0.4, 0.5) is 26.3 Å². The summed E-state index contributed by atoms with van der Waals surface area (Å²) in [5, 5.41) is 9.11. The average molecular weight is 265 g/mol. The van der Waals surface area contributed by atoms with Crippen molar-refractivity contribution >= 4 is 5.91 Å². The molecule has 0 spiro atoms. The van der Waals surface area contributed by atoms with Gasteiger partial charge < -0.3 is 10.0 Å². The first kappa shape index (κ1) is 14.1. The van der Waals surface area contributed by atoms with Crippen molar-refractivity contribution in [3.05, 3.63) is 0 Å². The van der Waals surface area contributed by atoms with E-state index in [1.54, 1.807) is 0 Å². The van der Waals surface area contributed by atoms with Gasteiger partial charge in [-0.1, -0.05) is 0 Å². The van der Waals surface area contributed by atoms with E-state index in [1.807, 2.05) is 0 Å². The lowest BCUT2D eigenvalue weighted by molar-refractivity contribution is -0.219. The van der Waals surface area contributed by atoms with E-state index >= 15 is 0 Å². The molecule has 1 aliphatic heterocycles. The number of aliphatic hydroxyl groups is 1. The molecule has 0 aliphatic carbocycles. The third kappa shape index (κ3) is 3.24. The van der Waals surface area contributed by atoms with Crippen LogP contribution in [0.25, 0.3) is 0 Å². The molecule has 1 aliphatic rings. The normalized spacial score (nSPS) is 27.1. The second kappa shape index (κ2) is 4.35. The standard InChI is InChI=1S/C8H9F6NO2/c9-7(10,11)4-1-2-15(3-5(4)16)6(17)8(12,13)14/h4-5,16H,1-3H2. The van der Waals surface area contributed by atoms with E-state index in [-0.39, 0.29) is 4.90 Å². The van der Waals surface area contributed by atoms with E-state index in [9.17, 15) is 31.1 Å². The molecule has 17 heavy (non-hydrogen) atoms. The number of amides is 1. The van der Waals surface area contributed by atoms with Gasteiger partial charge in [-0.3, -0.25) is 4.79 Å². The fourth-order valence-electron chi connectivity index (χ4n) is 1.68. The van der Waals surface area contributed by atoms with E-state index in [4.69, 9.17) is 5.11 Å². The summed E-state index contributed by atoms with van der Waals surface area (Å²) in [4.78, 5) is 10.9. The van der Waals surface area contributed by atoms with E-state index in [2.05, 4.69) is 0 Å². The highest BCUT2D eigenvalue weighted by atomic mass is 19.4. The van der Waals surface area contributed by atoms with Gasteiger partial charge in [-0.05, 0) is 6.42 Å². The summed E-state index contributed by atoms with van der Waals surface area (Å²) in [6.07, 6.45) is -12.6. The molecular weight excluding hydrogens is 256 g/mol. The molecular formula is C8H9F6NO2. The summed E-state index contributed by atoms with van der Waals surface area (Å²) < 4.78 is 72.8. The minimum Gasteiger partial charge on any atom is -0.391 e. The van der Waals surface area contributed by atoms with Crippen LogP contribution in [0.15, 0.2) is 0 Å². The van der Waals surface area contributed by atoms with Crippen LogP contribution >= 0.6 is 0 Å². The average Bonchev–Trinajstić information content (AvgIpc) is 2.12. The van der Waals surface area contributed by atoms with Crippen LogP contribution in [0.5, 0.6) is 0 Å². The van der Waals surface area contributed by atoms with Gasteiger partial charge in [0, 0.05) is 13.1 Å². The Morgan fingerprint density at radius 3 is 2.06 bits per heavy atom. The molecule has 1 rings (SSSR count). The monoisotopic (exact) mass is 265 g/mol. The van der Waals surface area contributed by atoms with Gasteiger partial charge in [0.15, 0.2) is 0 Å². The Morgan fingerprint density at radius 2 is 1.71 bits per heavy atom. The fourth-order valence-corrected chi connectivity index (χ4v) is 1.68. The van der Waals surface area contributed by atoms with Gasteiger partial charge in [0.2, 0.25) is 0 Å². The van der Waals surface area contributed by atoms with Crippen LogP contribution in [-0.2, 0) is 4.79 Å². The smallest absolute Gasteiger partial charge is 0.391 e. The van der Waals surface area contributed by atoms with E-state index in [0.717, 1.165) is 0 Å². The predicted molar refractivity (Wildman–Crippen MR) is 42.8 cm³/mol. The maximum atomic E-state index is 12.3. The molecule has 0 radical (unpaired) electrons. The topological polar surface area (TPSA) is 40.5 Å². The first-order valence-corrected chi connectivity index (χ1v) is 4.64. The minimum absolute atomic E-state index is 0.187. The van der Waals surface area contributed by atoms with E-state index in [1.165, 1.54) is 0 Å². The molecule has 100 valence electrons. The number of carbonyl (C=O) groups excluding carboxylic acids is 1. The van der Waals surface area contributed by atoms with Gasteiger partial charge in [-0.15, -0.1) is 0 Å². The van der Waals surface area contributed by atoms with Crippen LogP contribution in [0.3, 0.4) is 0 Å². The Bertz CT molecular complexity index is 299. The number of hydrogen-bond donors (Lipinski definition) is 1. The highest BCUT2D eigenvalue weighted by molar-refractivity contribution is 5.82. The molecule has 1 fully saturated rings. The lowest BCUT2D eigenvalue weighted by Crippen LogP contribution is -2.53. The molecule has 9 heteroatoms. The van der Waals surface area contributed by atoms with E-state index in [0.29, 0.717) is 0 Å². The second-order valence-corrected chi connectivity index (χ2v) is 3.75. The molecule has 0 aromatic heterocycles. The number of likely N-dealkylation sites (tertiary alicyclic amines) is 1. The SMILES string of the molecule is O=C(N1CCC(C(F)(F)F)C(O)C1)C(F)(F)F. The number of aliphatic hydroxyl groups excluding tert-OH is 1. The van der Waals surface area contributed by atoms with Crippen molar-refractivity contribution in [2.24, 2.45) is 5.92 Å². The molecule has 3 nitrogen and oxygen atoms in total. The van der Waals surface area contributed by atoms with Crippen molar-refractivity contribution in [2.45, 2.75) is 24.9 Å². The zero-order valence-corrected chi connectivity index (χ0v) is 8.35. The summed E-state index contributed by atoms with van der Waals surface area (Å²) in [5.74, 6) is -4.31. The first-order chi connectivity index (χ1) is 7.53. The Balaban J connectivity index is 2.68. The third-order valence-corrected chi connectivity index (χ3v) is 2.53. The van der Waals surface area contributed by atoms with Crippen LogP contribution in [-0.4, -0.2) is 47.5 Å². The highest BCUT2D eigenvalue weighted by Gasteiger charge is 2.50. The zero-order chi connectivity index (χ0) is 13.4. The first-order valence-electron chi connectivity index (χ1n) is 4.64. The summed E-state index contributed by atoms with van der Waals surface area (Å²) in [6, 6.07) is 0. The maximum Gasteiger partial charge on any atom is 0.471 e. The Kier molecular flexibility index (Phi) is 3.60. The summed E-state index contributed by atoms with van der Waals surface area (Å²) in [7, 11) is 0. The molecule has 0 aromatic rings. The Hall–Kier alpha value is -0.990. The quantitative estimate of drug-likeness (QED) is 0.671. The zero-order valence-electron chi connectivity index (χ0n) is 8.35. The lowest BCUT2D eigenvalue weighted by atomic mass is 9.93. The number of hydrogen-bond acceptors (Lipinski definition) is 2. The summed E-state index contributed by atoms with van der Waals surface area (Å²) in [6.45, 7) is -1.62. The number of piperidine rings is 1. The van der Waals surface area contributed by atoms with Crippen molar-refractivity contribution in [2.75, 3.05) is 13.1 Å². The molecule has 0 bridgehead atoms. The molecule has 1 saturated heterocycles. The fraction of sp³-hybridized carbons (Fsp3) is 0.875. The van der Waals surface area contributed by atoms with Gasteiger partial charge in [-0.25, -0.2) is 0 Å². The summed E-state index contributed by atoms with van der Waals surface area (Å²) in [5.41, 5.74) is 0. The van der Waals surface area contributed by atoms with Crippen molar-refractivity contribution in [1.29, 1.82) is 0 Å². The van der Waals surface area contributed by atoms with Crippen LogP contribution in [0.2, 0.25) is 0 Å². The Labute approximate surface area is 92.0 Å². The predicted octanol–water partition coefficient (Wildman–Crippen LogP) is 1.32. The lowest BCUT2D eigenvalue weighted by Gasteiger charge is -2.36. The molecule has 0 saturated carbocycles. The van der Waals surface area contributed by atoms with Gasteiger partial charge in [0.05, 0.1) is 12.0 Å². The number of rotatable bonds is 0.